The number of ether oxygens (including phenoxy) is 1. The van der Waals surface area contributed by atoms with Crippen LogP contribution in [0.2, 0.25) is 0 Å². The predicted molar refractivity (Wildman–Crippen MR) is 111 cm³/mol. The minimum atomic E-state index is -1.31. The number of rotatable bonds is 7. The summed E-state index contributed by atoms with van der Waals surface area (Å²) in [6.07, 6.45) is 1.22. The van der Waals surface area contributed by atoms with Crippen molar-refractivity contribution in [2.45, 2.75) is 49.0 Å². The Kier molecular flexibility index (Phi) is 8.99. The molecule has 4 atom stereocenters. The van der Waals surface area contributed by atoms with E-state index >= 15 is 0 Å². The van der Waals surface area contributed by atoms with Gasteiger partial charge in [0.05, 0.1) is 19.1 Å². The molecule has 2 fully saturated rings. The van der Waals surface area contributed by atoms with Gasteiger partial charge in [0.25, 0.3) is 0 Å². The molecular formula is C21H24KN3O6S. The van der Waals surface area contributed by atoms with Crippen LogP contribution >= 0.6 is 11.8 Å². The van der Waals surface area contributed by atoms with Crippen LogP contribution in [0.1, 0.15) is 32.4 Å². The maximum Gasteiger partial charge on any atom is 1.00 e. The second-order valence-electron chi connectivity index (χ2n) is 7.90. The number of aliphatic carboxylic acids is 1. The summed E-state index contributed by atoms with van der Waals surface area (Å²) in [5, 5.41) is 16.8. The van der Waals surface area contributed by atoms with Crippen LogP contribution in [-0.4, -0.2) is 58.0 Å². The third-order valence-electron chi connectivity index (χ3n) is 5.26. The SMILES string of the molecule is COC(=O)/C=C(\C)NC(C(=O)NC1C(=O)N2[C@@H]1SC(C)(C)[C@@H]2C(=O)[O-])c1ccccc1.[K+]. The Morgan fingerprint density at radius 1 is 1.25 bits per heavy atom. The molecule has 2 N–H and O–H groups in total. The number of fused-ring (bicyclic) bond motifs is 1. The first-order chi connectivity index (χ1) is 14.6. The third-order valence-corrected chi connectivity index (χ3v) is 6.84. The number of hydrogen-bond acceptors (Lipinski definition) is 8. The third kappa shape index (κ3) is 5.40. The number of nitrogens with one attached hydrogen (secondary N) is 2. The minimum absolute atomic E-state index is 0. The Morgan fingerprint density at radius 3 is 2.44 bits per heavy atom. The van der Waals surface area contributed by atoms with Crippen molar-refractivity contribution in [3.05, 3.63) is 47.7 Å². The summed E-state index contributed by atoms with van der Waals surface area (Å²) in [4.78, 5) is 50.1. The summed E-state index contributed by atoms with van der Waals surface area (Å²) in [7, 11) is 1.25. The first kappa shape index (κ1) is 26.9. The zero-order valence-corrected chi connectivity index (χ0v) is 22.5. The van der Waals surface area contributed by atoms with Crippen molar-refractivity contribution >= 4 is 35.5 Å². The summed E-state index contributed by atoms with van der Waals surface area (Å²) in [6, 6.07) is 6.06. The monoisotopic (exact) mass is 485 g/mol. The zero-order chi connectivity index (χ0) is 22.9. The van der Waals surface area contributed by atoms with Crippen LogP contribution in [0.3, 0.4) is 0 Å². The standard InChI is InChI=1S/C21H25N3O6S.K/c1-11(10-13(25)30-4)22-14(12-8-6-5-7-9-12)17(26)23-15-18(27)24-16(20(28)29)21(2,3)31-19(15)24;/h5-10,14-16,19,22H,1-4H3,(H,23,26)(H,28,29);/q;+1/p-1/b11-10+;/t14?,15?,16-,19+;/m0./s1. The average molecular weight is 486 g/mol. The van der Waals surface area contributed by atoms with Crippen LogP contribution in [0.5, 0.6) is 0 Å². The fraction of sp³-hybridized carbons (Fsp3) is 0.429. The number of esters is 1. The average Bonchev–Trinajstić information content (AvgIpc) is 2.98. The number of carboxylic acid groups (broad SMARTS) is 1. The van der Waals surface area contributed by atoms with Crippen LogP contribution in [0, 0.1) is 0 Å². The molecular weight excluding hydrogens is 461 g/mol. The summed E-state index contributed by atoms with van der Waals surface area (Å²) in [6.45, 7) is 5.09. The van der Waals surface area contributed by atoms with E-state index < -0.39 is 52.0 Å². The van der Waals surface area contributed by atoms with Gasteiger partial charge in [-0.2, -0.15) is 0 Å². The summed E-state index contributed by atoms with van der Waals surface area (Å²) >= 11 is 1.32. The van der Waals surface area contributed by atoms with Crippen LogP contribution in [0.15, 0.2) is 42.1 Å². The van der Waals surface area contributed by atoms with E-state index in [0.29, 0.717) is 11.3 Å². The molecule has 11 heteroatoms. The van der Waals surface area contributed by atoms with Gasteiger partial charge < -0.3 is 30.2 Å². The normalized spacial score (nSPS) is 24.4. The van der Waals surface area contributed by atoms with Crippen molar-refractivity contribution < 1.29 is 80.4 Å². The van der Waals surface area contributed by atoms with E-state index in [1.807, 2.05) is 0 Å². The quantitative estimate of drug-likeness (QED) is 0.178. The molecule has 2 unspecified atom stereocenters. The molecule has 3 rings (SSSR count). The van der Waals surface area contributed by atoms with Crippen molar-refractivity contribution in [2.24, 2.45) is 0 Å². The number of allylic oxidation sites excluding steroid dienone is 1. The van der Waals surface area contributed by atoms with Crippen LogP contribution in [0.4, 0.5) is 0 Å². The molecule has 9 nitrogen and oxygen atoms in total. The first-order valence-corrected chi connectivity index (χ1v) is 10.5. The Morgan fingerprint density at radius 2 is 1.88 bits per heavy atom. The van der Waals surface area contributed by atoms with Gasteiger partial charge in [-0.05, 0) is 26.3 Å². The second kappa shape index (κ2) is 10.7. The number of β-lactam (4-membered cyclic amide) rings is 1. The van der Waals surface area contributed by atoms with E-state index in [4.69, 9.17) is 0 Å². The summed E-state index contributed by atoms with van der Waals surface area (Å²) in [5.74, 6) is -2.82. The fourth-order valence-corrected chi connectivity index (χ4v) is 5.43. The molecule has 0 aromatic heterocycles. The summed E-state index contributed by atoms with van der Waals surface area (Å²) < 4.78 is 3.87. The zero-order valence-electron chi connectivity index (χ0n) is 18.6. The van der Waals surface area contributed by atoms with E-state index in [2.05, 4.69) is 15.4 Å². The van der Waals surface area contributed by atoms with Gasteiger partial charge in [-0.3, -0.25) is 9.59 Å². The first-order valence-electron chi connectivity index (χ1n) is 9.65. The van der Waals surface area contributed by atoms with E-state index in [1.54, 1.807) is 51.1 Å². The smallest absolute Gasteiger partial charge is 0.548 e. The topological polar surface area (TPSA) is 128 Å². The van der Waals surface area contributed by atoms with E-state index in [9.17, 15) is 24.3 Å². The Hall–Kier alpha value is -1.37. The van der Waals surface area contributed by atoms with Crippen LogP contribution in [0.25, 0.3) is 0 Å². The number of amides is 2. The number of thioether (sulfide) groups is 1. The van der Waals surface area contributed by atoms with E-state index in [-0.39, 0.29) is 51.4 Å². The molecule has 0 spiro atoms. The minimum Gasteiger partial charge on any atom is -0.548 e. The Balaban J connectivity index is 0.00000363. The van der Waals surface area contributed by atoms with Crippen molar-refractivity contribution in [1.82, 2.24) is 15.5 Å². The molecule has 2 aliphatic rings. The van der Waals surface area contributed by atoms with Gasteiger partial charge in [0, 0.05) is 16.5 Å². The molecule has 2 amide bonds. The number of carbonyl (C=O) groups excluding carboxylic acids is 4. The number of carbonyl (C=O) groups is 4. The van der Waals surface area contributed by atoms with E-state index in [0.717, 1.165) is 0 Å². The molecule has 0 saturated carbocycles. The molecule has 0 bridgehead atoms. The number of carboxylic acids is 1. The van der Waals surface area contributed by atoms with Gasteiger partial charge in [0.15, 0.2) is 0 Å². The van der Waals surface area contributed by atoms with E-state index in [1.165, 1.54) is 29.8 Å². The molecule has 32 heavy (non-hydrogen) atoms. The maximum absolute atomic E-state index is 13.1. The number of nitrogens with zero attached hydrogens (tertiary/aromatic N) is 1. The number of hydrogen-bond donors (Lipinski definition) is 2. The molecule has 1 aromatic carbocycles. The molecule has 2 saturated heterocycles. The van der Waals surface area contributed by atoms with Gasteiger partial charge in [-0.15, -0.1) is 11.8 Å². The van der Waals surface area contributed by atoms with Crippen molar-refractivity contribution in [3.63, 3.8) is 0 Å². The Labute approximate surface area is 233 Å². The van der Waals surface area contributed by atoms with Crippen LogP contribution in [-0.2, 0) is 23.9 Å². The van der Waals surface area contributed by atoms with Crippen molar-refractivity contribution in [2.75, 3.05) is 7.11 Å². The van der Waals surface area contributed by atoms with Crippen molar-refractivity contribution in [1.29, 1.82) is 0 Å². The van der Waals surface area contributed by atoms with Gasteiger partial charge in [-0.25, -0.2) is 4.79 Å². The molecule has 0 aliphatic carbocycles. The largest absolute Gasteiger partial charge is 1.00 e. The van der Waals surface area contributed by atoms with Crippen LogP contribution < -0.4 is 67.1 Å². The van der Waals surface area contributed by atoms with Gasteiger partial charge in [0.1, 0.15) is 17.5 Å². The van der Waals surface area contributed by atoms with Gasteiger partial charge in [0.2, 0.25) is 11.8 Å². The molecule has 166 valence electrons. The van der Waals surface area contributed by atoms with Gasteiger partial charge >= 0.3 is 57.4 Å². The number of methoxy groups -OCH3 is 1. The molecule has 2 heterocycles. The fourth-order valence-electron chi connectivity index (χ4n) is 3.81. The Bertz CT molecular complexity index is 939. The molecule has 1 aromatic rings. The predicted octanol–water partition coefficient (Wildman–Crippen LogP) is -3.30. The van der Waals surface area contributed by atoms with Crippen molar-refractivity contribution in [3.8, 4) is 0 Å². The maximum atomic E-state index is 13.1. The van der Waals surface area contributed by atoms with Gasteiger partial charge in [-0.1, -0.05) is 30.3 Å². The number of benzene rings is 1. The summed E-state index contributed by atoms with van der Waals surface area (Å²) in [5.41, 5.74) is 1.04. The second-order valence-corrected chi connectivity index (χ2v) is 9.67. The molecule has 0 radical (unpaired) electrons. The molecule has 2 aliphatic heterocycles.